The van der Waals surface area contributed by atoms with Crippen LogP contribution in [0.5, 0.6) is 0 Å². The molecule has 0 aliphatic rings. The third-order valence-electron chi connectivity index (χ3n) is 3.33. The first-order valence-electron chi connectivity index (χ1n) is 6.60. The fourth-order valence-electron chi connectivity index (χ4n) is 2.15. The number of rotatable bonds is 9. The molecule has 4 heteroatoms. The molecule has 0 radical (unpaired) electrons. The van der Waals surface area contributed by atoms with E-state index in [4.69, 9.17) is 5.11 Å². The van der Waals surface area contributed by atoms with Crippen LogP contribution < -0.4 is 5.32 Å². The third kappa shape index (κ3) is 6.64. The van der Waals surface area contributed by atoms with E-state index in [0.29, 0.717) is 31.3 Å². The summed E-state index contributed by atoms with van der Waals surface area (Å²) in [6.45, 7) is 5.16. The first kappa shape index (κ1) is 16.4. The Morgan fingerprint density at radius 1 is 1.29 bits per heavy atom. The largest absolute Gasteiger partial charge is 0.396 e. The van der Waals surface area contributed by atoms with Gasteiger partial charge in [0, 0.05) is 25.6 Å². The summed E-state index contributed by atoms with van der Waals surface area (Å²) < 4.78 is 0. The molecule has 17 heavy (non-hydrogen) atoms. The van der Waals surface area contributed by atoms with Gasteiger partial charge in [-0.25, -0.2) is 0 Å². The Balaban J connectivity index is 4.13. The van der Waals surface area contributed by atoms with Crippen molar-refractivity contribution in [3.8, 4) is 0 Å². The van der Waals surface area contributed by atoms with Gasteiger partial charge in [-0.1, -0.05) is 26.7 Å². The minimum absolute atomic E-state index is 0.0388. The van der Waals surface area contributed by atoms with Crippen LogP contribution in [0.4, 0.5) is 0 Å². The zero-order valence-corrected chi connectivity index (χ0v) is 11.7. The number of carbonyl (C=O) groups is 1. The average Bonchev–Trinajstić information content (AvgIpc) is 2.31. The number of hydrogen-bond donors (Lipinski definition) is 2. The van der Waals surface area contributed by atoms with Crippen LogP contribution in [-0.2, 0) is 4.79 Å². The van der Waals surface area contributed by atoms with E-state index < -0.39 is 0 Å². The predicted octanol–water partition coefficient (Wildman–Crippen LogP) is 1.24. The Bertz CT molecular complexity index is 204. The molecule has 0 bridgehead atoms. The highest BCUT2D eigenvalue weighted by atomic mass is 16.3. The molecule has 1 atom stereocenters. The number of carbonyl (C=O) groups excluding carboxylic acids is 1. The normalized spacial score (nSPS) is 13.1. The fourth-order valence-corrected chi connectivity index (χ4v) is 2.15. The van der Waals surface area contributed by atoms with E-state index in [1.165, 1.54) is 0 Å². The van der Waals surface area contributed by atoms with Crippen molar-refractivity contribution in [1.82, 2.24) is 10.2 Å². The maximum atomic E-state index is 11.5. The van der Waals surface area contributed by atoms with Crippen LogP contribution in [0.25, 0.3) is 0 Å². The Labute approximate surface area is 105 Å². The molecular weight excluding hydrogens is 216 g/mol. The quantitative estimate of drug-likeness (QED) is 0.641. The molecule has 4 nitrogen and oxygen atoms in total. The third-order valence-corrected chi connectivity index (χ3v) is 3.33. The summed E-state index contributed by atoms with van der Waals surface area (Å²) >= 11 is 0. The van der Waals surface area contributed by atoms with Crippen LogP contribution in [0, 0.1) is 5.92 Å². The van der Waals surface area contributed by atoms with Crippen molar-refractivity contribution in [2.24, 2.45) is 5.92 Å². The molecule has 0 fully saturated rings. The van der Waals surface area contributed by atoms with Crippen molar-refractivity contribution >= 4 is 5.91 Å². The SMILES string of the molecule is CCC(CC)C(CNC(=O)CCCO)N(C)C. The second kappa shape index (κ2) is 9.42. The molecule has 102 valence electrons. The van der Waals surface area contributed by atoms with Crippen LogP contribution in [0.2, 0.25) is 0 Å². The summed E-state index contributed by atoms with van der Waals surface area (Å²) in [6, 6.07) is 0.392. The Hall–Kier alpha value is -0.610. The molecule has 0 saturated carbocycles. The van der Waals surface area contributed by atoms with Crippen LogP contribution in [-0.4, -0.2) is 49.2 Å². The van der Waals surface area contributed by atoms with Gasteiger partial charge in [0.25, 0.3) is 0 Å². The topological polar surface area (TPSA) is 52.6 Å². The van der Waals surface area contributed by atoms with Gasteiger partial charge in [0.1, 0.15) is 0 Å². The van der Waals surface area contributed by atoms with Crippen molar-refractivity contribution in [3.05, 3.63) is 0 Å². The maximum absolute atomic E-state index is 11.5. The molecule has 1 unspecified atom stereocenters. The van der Waals surface area contributed by atoms with Gasteiger partial charge in [0.15, 0.2) is 0 Å². The second-order valence-electron chi connectivity index (χ2n) is 4.74. The lowest BCUT2D eigenvalue weighted by atomic mass is 9.93. The van der Waals surface area contributed by atoms with Gasteiger partial charge in [-0.2, -0.15) is 0 Å². The molecule has 0 aromatic heterocycles. The number of aliphatic hydroxyl groups excluding tert-OH is 1. The summed E-state index contributed by atoms with van der Waals surface area (Å²) in [4.78, 5) is 13.7. The van der Waals surface area contributed by atoms with Crippen molar-refractivity contribution in [2.75, 3.05) is 27.2 Å². The summed E-state index contributed by atoms with van der Waals surface area (Å²) in [7, 11) is 4.12. The fraction of sp³-hybridized carbons (Fsp3) is 0.923. The van der Waals surface area contributed by atoms with Crippen LogP contribution >= 0.6 is 0 Å². The minimum atomic E-state index is 0.0388. The number of aliphatic hydroxyl groups is 1. The zero-order chi connectivity index (χ0) is 13.3. The monoisotopic (exact) mass is 244 g/mol. The lowest BCUT2D eigenvalue weighted by Gasteiger charge is -2.31. The Morgan fingerprint density at radius 2 is 1.88 bits per heavy atom. The highest BCUT2D eigenvalue weighted by Crippen LogP contribution is 2.16. The first-order valence-corrected chi connectivity index (χ1v) is 6.60. The number of likely N-dealkylation sites (N-methyl/N-ethyl adjacent to an activating group) is 1. The molecule has 0 spiro atoms. The Morgan fingerprint density at radius 3 is 2.29 bits per heavy atom. The number of amides is 1. The van der Waals surface area contributed by atoms with E-state index in [1.54, 1.807) is 0 Å². The van der Waals surface area contributed by atoms with Crippen molar-refractivity contribution in [3.63, 3.8) is 0 Å². The van der Waals surface area contributed by atoms with Gasteiger partial charge >= 0.3 is 0 Å². The molecule has 0 saturated heterocycles. The summed E-state index contributed by atoms with van der Waals surface area (Å²) in [5.74, 6) is 0.653. The second-order valence-corrected chi connectivity index (χ2v) is 4.74. The zero-order valence-electron chi connectivity index (χ0n) is 11.7. The molecule has 0 aliphatic carbocycles. The van der Waals surface area contributed by atoms with Crippen LogP contribution in [0.1, 0.15) is 39.5 Å². The highest BCUT2D eigenvalue weighted by Gasteiger charge is 2.20. The first-order chi connectivity index (χ1) is 8.06. The van der Waals surface area contributed by atoms with Crippen LogP contribution in [0.15, 0.2) is 0 Å². The van der Waals surface area contributed by atoms with Crippen molar-refractivity contribution < 1.29 is 9.90 Å². The van der Waals surface area contributed by atoms with E-state index in [0.717, 1.165) is 12.8 Å². The van der Waals surface area contributed by atoms with E-state index in [-0.39, 0.29) is 12.5 Å². The molecule has 0 rings (SSSR count). The van der Waals surface area contributed by atoms with E-state index in [2.05, 4.69) is 38.2 Å². The minimum Gasteiger partial charge on any atom is -0.396 e. The molecule has 2 N–H and O–H groups in total. The molecule has 0 heterocycles. The summed E-state index contributed by atoms with van der Waals surface area (Å²) in [5, 5.41) is 11.6. The average molecular weight is 244 g/mol. The van der Waals surface area contributed by atoms with E-state index in [1.807, 2.05) is 0 Å². The Kier molecular flexibility index (Phi) is 9.09. The summed E-state index contributed by atoms with van der Waals surface area (Å²) in [5.41, 5.74) is 0. The van der Waals surface area contributed by atoms with Crippen LogP contribution in [0.3, 0.4) is 0 Å². The molecule has 0 aromatic rings. The maximum Gasteiger partial charge on any atom is 0.220 e. The van der Waals surface area contributed by atoms with E-state index in [9.17, 15) is 4.79 Å². The molecule has 0 aliphatic heterocycles. The van der Waals surface area contributed by atoms with E-state index >= 15 is 0 Å². The van der Waals surface area contributed by atoms with Gasteiger partial charge < -0.3 is 15.3 Å². The number of hydrogen-bond acceptors (Lipinski definition) is 3. The van der Waals surface area contributed by atoms with Crippen molar-refractivity contribution in [1.29, 1.82) is 0 Å². The number of nitrogens with one attached hydrogen (secondary N) is 1. The van der Waals surface area contributed by atoms with Gasteiger partial charge in [0.2, 0.25) is 5.91 Å². The van der Waals surface area contributed by atoms with Gasteiger partial charge in [-0.05, 0) is 26.4 Å². The standard InChI is InChI=1S/C13H28N2O2/c1-5-11(6-2)12(15(3)4)10-14-13(17)8-7-9-16/h11-12,16H,5-10H2,1-4H3,(H,14,17). The lowest BCUT2D eigenvalue weighted by molar-refractivity contribution is -0.121. The molecule has 0 aromatic carbocycles. The summed E-state index contributed by atoms with van der Waals surface area (Å²) in [6.07, 6.45) is 3.22. The predicted molar refractivity (Wildman–Crippen MR) is 70.9 cm³/mol. The van der Waals surface area contributed by atoms with Gasteiger partial charge in [-0.15, -0.1) is 0 Å². The lowest BCUT2D eigenvalue weighted by Crippen LogP contribution is -2.44. The van der Waals surface area contributed by atoms with Gasteiger partial charge in [0.05, 0.1) is 0 Å². The van der Waals surface area contributed by atoms with Gasteiger partial charge in [-0.3, -0.25) is 4.79 Å². The highest BCUT2D eigenvalue weighted by molar-refractivity contribution is 5.75. The smallest absolute Gasteiger partial charge is 0.220 e. The molecule has 1 amide bonds. The molecular formula is C13H28N2O2. The van der Waals surface area contributed by atoms with Crippen molar-refractivity contribution in [2.45, 2.75) is 45.6 Å². The number of nitrogens with zero attached hydrogens (tertiary/aromatic N) is 1.